The molecule has 6 heteroatoms. The van der Waals surface area contributed by atoms with E-state index in [0.29, 0.717) is 16.8 Å². The fraction of sp³-hybridized carbons (Fsp3) is 0.133. The van der Waals surface area contributed by atoms with Gasteiger partial charge in [-0.2, -0.15) is 0 Å². The van der Waals surface area contributed by atoms with Crippen LogP contribution in [0.5, 0.6) is 5.75 Å². The molecule has 0 amide bonds. The zero-order chi connectivity index (χ0) is 15.6. The Morgan fingerprint density at radius 1 is 1.19 bits per heavy atom. The standard InChI is InChI=1S/C15H10BrCl2FO2/c1-2-21-14-7-12(17)10(6-13(14)18)15(20)9-5-8(19)3-4-11(9)16/h3-7H,2H2,1H3. The highest BCUT2D eigenvalue weighted by Gasteiger charge is 2.19. The predicted molar refractivity (Wildman–Crippen MR) is 85.2 cm³/mol. The molecule has 0 heterocycles. The Kier molecular flexibility index (Phi) is 5.25. The van der Waals surface area contributed by atoms with Gasteiger partial charge in [0, 0.05) is 21.7 Å². The molecule has 0 atom stereocenters. The number of ketones is 1. The summed E-state index contributed by atoms with van der Waals surface area (Å²) in [6, 6.07) is 6.77. The molecule has 0 radical (unpaired) electrons. The van der Waals surface area contributed by atoms with Crippen LogP contribution in [0.2, 0.25) is 10.0 Å². The minimum absolute atomic E-state index is 0.178. The summed E-state index contributed by atoms with van der Waals surface area (Å²) in [7, 11) is 0. The van der Waals surface area contributed by atoms with Crippen molar-refractivity contribution in [3.05, 3.63) is 61.8 Å². The van der Waals surface area contributed by atoms with Gasteiger partial charge in [0.05, 0.1) is 16.7 Å². The van der Waals surface area contributed by atoms with Gasteiger partial charge in [0.15, 0.2) is 5.78 Å². The Morgan fingerprint density at radius 3 is 2.57 bits per heavy atom. The van der Waals surface area contributed by atoms with Gasteiger partial charge in [0.25, 0.3) is 0 Å². The number of hydrogen-bond acceptors (Lipinski definition) is 2. The van der Waals surface area contributed by atoms with E-state index in [-0.39, 0.29) is 21.2 Å². The molecular weight excluding hydrogens is 382 g/mol. The second-order valence-electron chi connectivity index (χ2n) is 4.15. The normalized spacial score (nSPS) is 10.5. The van der Waals surface area contributed by atoms with E-state index in [1.54, 1.807) is 0 Å². The first-order valence-corrected chi connectivity index (χ1v) is 7.60. The average Bonchev–Trinajstić information content (AvgIpc) is 2.44. The molecule has 0 aliphatic carbocycles. The number of hydrogen-bond donors (Lipinski definition) is 0. The molecule has 21 heavy (non-hydrogen) atoms. The Morgan fingerprint density at radius 2 is 1.90 bits per heavy atom. The Hall–Kier alpha value is -1.10. The van der Waals surface area contributed by atoms with Gasteiger partial charge in [0.1, 0.15) is 11.6 Å². The third kappa shape index (κ3) is 3.57. The molecule has 0 unspecified atom stereocenters. The molecular formula is C15H10BrCl2FO2. The van der Waals surface area contributed by atoms with Crippen molar-refractivity contribution in [2.75, 3.05) is 6.61 Å². The monoisotopic (exact) mass is 390 g/mol. The van der Waals surface area contributed by atoms with Crippen LogP contribution in [0.25, 0.3) is 0 Å². The molecule has 2 aromatic rings. The Bertz CT molecular complexity index is 704. The second kappa shape index (κ2) is 6.77. The highest BCUT2D eigenvalue weighted by atomic mass is 79.9. The maximum Gasteiger partial charge on any atom is 0.195 e. The van der Waals surface area contributed by atoms with Crippen LogP contribution < -0.4 is 4.74 Å². The number of rotatable bonds is 4. The third-order valence-corrected chi connectivity index (χ3v) is 4.04. The lowest BCUT2D eigenvalue weighted by Crippen LogP contribution is -2.05. The van der Waals surface area contributed by atoms with E-state index in [1.165, 1.54) is 24.3 Å². The Labute approximate surface area is 139 Å². The van der Waals surface area contributed by atoms with Gasteiger partial charge >= 0.3 is 0 Å². The van der Waals surface area contributed by atoms with E-state index in [2.05, 4.69) is 15.9 Å². The molecule has 0 aliphatic heterocycles. The minimum Gasteiger partial charge on any atom is -0.492 e. The SMILES string of the molecule is CCOc1cc(Cl)c(C(=O)c2cc(F)ccc2Br)cc1Cl. The number of carbonyl (C=O) groups excluding carboxylic acids is 1. The van der Waals surface area contributed by atoms with Crippen molar-refractivity contribution < 1.29 is 13.9 Å². The summed E-state index contributed by atoms with van der Waals surface area (Å²) in [6.45, 7) is 2.24. The van der Waals surface area contributed by atoms with Crippen LogP contribution in [0.15, 0.2) is 34.8 Å². The van der Waals surface area contributed by atoms with Crippen molar-refractivity contribution >= 4 is 44.9 Å². The van der Waals surface area contributed by atoms with Gasteiger partial charge in [-0.1, -0.05) is 39.1 Å². The van der Waals surface area contributed by atoms with Crippen LogP contribution in [0.3, 0.4) is 0 Å². The first-order valence-electron chi connectivity index (χ1n) is 6.05. The van der Waals surface area contributed by atoms with E-state index in [1.807, 2.05) is 6.92 Å². The van der Waals surface area contributed by atoms with E-state index in [0.717, 1.165) is 6.07 Å². The molecule has 2 aromatic carbocycles. The van der Waals surface area contributed by atoms with E-state index >= 15 is 0 Å². The van der Waals surface area contributed by atoms with Crippen molar-refractivity contribution in [3.8, 4) is 5.75 Å². The summed E-state index contributed by atoms with van der Waals surface area (Å²) in [5, 5.41) is 0.473. The maximum atomic E-state index is 13.3. The Balaban J connectivity index is 2.49. The lowest BCUT2D eigenvalue weighted by molar-refractivity contribution is 0.103. The van der Waals surface area contributed by atoms with Crippen molar-refractivity contribution in [2.45, 2.75) is 6.92 Å². The first-order chi connectivity index (χ1) is 9.93. The van der Waals surface area contributed by atoms with Gasteiger partial charge in [-0.05, 0) is 31.2 Å². The molecule has 0 N–H and O–H groups in total. The van der Waals surface area contributed by atoms with Crippen LogP contribution in [-0.4, -0.2) is 12.4 Å². The van der Waals surface area contributed by atoms with Gasteiger partial charge in [-0.25, -0.2) is 4.39 Å². The van der Waals surface area contributed by atoms with Crippen LogP contribution in [0, 0.1) is 5.82 Å². The molecule has 0 saturated heterocycles. The summed E-state index contributed by atoms with van der Waals surface area (Å²) < 4.78 is 19.1. The molecule has 0 aromatic heterocycles. The van der Waals surface area contributed by atoms with Gasteiger partial charge in [0.2, 0.25) is 0 Å². The molecule has 0 saturated carbocycles. The van der Waals surface area contributed by atoms with Crippen LogP contribution in [0.4, 0.5) is 4.39 Å². The highest BCUT2D eigenvalue weighted by molar-refractivity contribution is 9.10. The van der Waals surface area contributed by atoms with Gasteiger partial charge in [-0.15, -0.1) is 0 Å². The highest BCUT2D eigenvalue weighted by Crippen LogP contribution is 2.33. The topological polar surface area (TPSA) is 26.3 Å². The minimum atomic E-state index is -0.505. The number of carbonyl (C=O) groups is 1. The zero-order valence-corrected chi connectivity index (χ0v) is 14.0. The predicted octanol–water partition coefficient (Wildman–Crippen LogP) is 5.52. The molecule has 2 nitrogen and oxygen atoms in total. The fourth-order valence-corrected chi connectivity index (χ4v) is 2.67. The van der Waals surface area contributed by atoms with E-state index in [9.17, 15) is 9.18 Å². The van der Waals surface area contributed by atoms with Gasteiger partial charge in [-0.3, -0.25) is 4.79 Å². The third-order valence-electron chi connectivity index (χ3n) is 2.74. The van der Waals surface area contributed by atoms with Crippen molar-refractivity contribution in [2.24, 2.45) is 0 Å². The molecule has 0 aliphatic rings. The molecule has 2 rings (SSSR count). The number of halogens is 4. The lowest BCUT2D eigenvalue weighted by atomic mass is 10.0. The molecule has 110 valence electrons. The van der Waals surface area contributed by atoms with Crippen LogP contribution >= 0.6 is 39.1 Å². The summed E-state index contributed by atoms with van der Waals surface area (Å²) in [5.41, 5.74) is 0.369. The fourth-order valence-electron chi connectivity index (χ4n) is 1.79. The number of ether oxygens (including phenoxy) is 1. The smallest absolute Gasteiger partial charge is 0.195 e. The zero-order valence-electron chi connectivity index (χ0n) is 10.9. The average molecular weight is 392 g/mol. The maximum absolute atomic E-state index is 13.3. The first kappa shape index (κ1) is 16.3. The molecule has 0 bridgehead atoms. The summed E-state index contributed by atoms with van der Waals surface area (Å²) in [6.07, 6.45) is 0. The van der Waals surface area contributed by atoms with Crippen molar-refractivity contribution in [1.82, 2.24) is 0 Å². The quantitative estimate of drug-likeness (QED) is 0.641. The van der Waals surface area contributed by atoms with Crippen LogP contribution in [-0.2, 0) is 0 Å². The summed E-state index contributed by atoms with van der Waals surface area (Å²) >= 11 is 15.4. The summed E-state index contributed by atoms with van der Waals surface area (Å²) in [5.74, 6) is -0.523. The largest absolute Gasteiger partial charge is 0.492 e. The van der Waals surface area contributed by atoms with Crippen molar-refractivity contribution in [1.29, 1.82) is 0 Å². The molecule has 0 fully saturated rings. The lowest BCUT2D eigenvalue weighted by Gasteiger charge is -2.10. The van der Waals surface area contributed by atoms with Crippen molar-refractivity contribution in [3.63, 3.8) is 0 Å². The number of benzene rings is 2. The second-order valence-corrected chi connectivity index (χ2v) is 5.82. The van der Waals surface area contributed by atoms with E-state index in [4.69, 9.17) is 27.9 Å². The van der Waals surface area contributed by atoms with E-state index < -0.39 is 11.6 Å². The van der Waals surface area contributed by atoms with Crippen LogP contribution in [0.1, 0.15) is 22.8 Å². The summed E-state index contributed by atoms with van der Waals surface area (Å²) in [4.78, 5) is 12.5. The molecule has 0 spiro atoms. The van der Waals surface area contributed by atoms with Gasteiger partial charge < -0.3 is 4.74 Å².